The standard InChI is InChI=1S/C15H17NS/c1-9-7-10(2)15-14(9)12(8-11(3)16-15)13-5-4-6-17-13/h4-6,8-10H,7H2,1-3H3. The van der Waals surface area contributed by atoms with Crippen molar-refractivity contribution in [3.05, 3.63) is 40.5 Å². The Balaban J connectivity index is 2.26. The van der Waals surface area contributed by atoms with Crippen molar-refractivity contribution in [1.29, 1.82) is 0 Å². The van der Waals surface area contributed by atoms with Crippen LogP contribution in [0.2, 0.25) is 0 Å². The normalized spacial score (nSPS) is 22.8. The summed E-state index contributed by atoms with van der Waals surface area (Å²) in [6, 6.07) is 6.60. The van der Waals surface area contributed by atoms with Crippen molar-refractivity contribution in [1.82, 2.24) is 4.98 Å². The number of hydrogen-bond acceptors (Lipinski definition) is 2. The van der Waals surface area contributed by atoms with E-state index < -0.39 is 0 Å². The number of rotatable bonds is 1. The summed E-state index contributed by atoms with van der Waals surface area (Å²) in [5, 5.41) is 2.15. The fraction of sp³-hybridized carbons (Fsp3) is 0.400. The van der Waals surface area contributed by atoms with Crippen LogP contribution >= 0.6 is 11.3 Å². The van der Waals surface area contributed by atoms with E-state index in [1.165, 1.54) is 28.1 Å². The summed E-state index contributed by atoms with van der Waals surface area (Å²) in [4.78, 5) is 6.14. The van der Waals surface area contributed by atoms with Gasteiger partial charge in [0.2, 0.25) is 0 Å². The number of aryl methyl sites for hydroxylation is 1. The van der Waals surface area contributed by atoms with Gasteiger partial charge in [-0.15, -0.1) is 11.3 Å². The van der Waals surface area contributed by atoms with Gasteiger partial charge in [-0.25, -0.2) is 0 Å². The van der Waals surface area contributed by atoms with Gasteiger partial charge in [0.15, 0.2) is 0 Å². The second-order valence-corrected chi connectivity index (χ2v) is 6.07. The van der Waals surface area contributed by atoms with Crippen molar-refractivity contribution in [2.75, 3.05) is 0 Å². The molecule has 0 amide bonds. The summed E-state index contributed by atoms with van der Waals surface area (Å²) in [6.07, 6.45) is 1.24. The maximum Gasteiger partial charge on any atom is 0.0476 e. The Bertz CT molecular complexity index is 542. The lowest BCUT2D eigenvalue weighted by Crippen LogP contribution is -1.97. The molecule has 2 unspecified atom stereocenters. The molecule has 88 valence electrons. The minimum atomic E-state index is 0.610. The van der Waals surface area contributed by atoms with Crippen molar-refractivity contribution in [2.45, 2.75) is 39.0 Å². The minimum absolute atomic E-state index is 0.610. The number of pyridine rings is 1. The molecule has 0 saturated heterocycles. The molecule has 0 N–H and O–H groups in total. The molecule has 0 aromatic carbocycles. The highest BCUT2D eigenvalue weighted by Gasteiger charge is 2.29. The summed E-state index contributed by atoms with van der Waals surface area (Å²) >= 11 is 1.83. The highest BCUT2D eigenvalue weighted by atomic mass is 32.1. The van der Waals surface area contributed by atoms with E-state index >= 15 is 0 Å². The molecule has 2 atom stereocenters. The summed E-state index contributed by atoms with van der Waals surface area (Å²) < 4.78 is 0. The Hall–Kier alpha value is -1.15. The maximum absolute atomic E-state index is 4.76. The fourth-order valence-corrected chi connectivity index (χ4v) is 3.75. The van der Waals surface area contributed by atoms with Crippen LogP contribution in [0.5, 0.6) is 0 Å². The largest absolute Gasteiger partial charge is 0.258 e. The number of fused-ring (bicyclic) bond motifs is 1. The van der Waals surface area contributed by atoms with Gasteiger partial charge in [-0.05, 0) is 53.8 Å². The Labute approximate surface area is 107 Å². The molecule has 0 bridgehead atoms. The van der Waals surface area contributed by atoms with Crippen LogP contribution in [0.25, 0.3) is 10.4 Å². The van der Waals surface area contributed by atoms with Gasteiger partial charge >= 0.3 is 0 Å². The van der Waals surface area contributed by atoms with E-state index in [0.717, 1.165) is 5.69 Å². The number of hydrogen-bond donors (Lipinski definition) is 0. The lowest BCUT2D eigenvalue weighted by molar-refractivity contribution is 0.655. The maximum atomic E-state index is 4.76. The molecule has 2 aromatic rings. The molecule has 0 fully saturated rings. The molecule has 0 radical (unpaired) electrons. The Kier molecular flexibility index (Phi) is 2.55. The van der Waals surface area contributed by atoms with Crippen molar-refractivity contribution < 1.29 is 0 Å². The van der Waals surface area contributed by atoms with E-state index in [2.05, 4.69) is 44.4 Å². The topological polar surface area (TPSA) is 12.9 Å². The van der Waals surface area contributed by atoms with Crippen LogP contribution in [0.4, 0.5) is 0 Å². The van der Waals surface area contributed by atoms with Gasteiger partial charge in [-0.1, -0.05) is 19.9 Å². The van der Waals surface area contributed by atoms with E-state index in [1.807, 2.05) is 11.3 Å². The Morgan fingerprint density at radius 1 is 1.29 bits per heavy atom. The summed E-state index contributed by atoms with van der Waals surface area (Å²) in [7, 11) is 0. The van der Waals surface area contributed by atoms with Crippen molar-refractivity contribution in [3.63, 3.8) is 0 Å². The zero-order valence-corrected chi connectivity index (χ0v) is 11.3. The first-order valence-electron chi connectivity index (χ1n) is 6.22. The summed E-state index contributed by atoms with van der Waals surface area (Å²) in [6.45, 7) is 6.73. The van der Waals surface area contributed by atoms with Gasteiger partial charge in [-0.2, -0.15) is 0 Å². The Morgan fingerprint density at radius 3 is 2.82 bits per heavy atom. The third kappa shape index (κ3) is 1.71. The third-order valence-electron chi connectivity index (χ3n) is 3.67. The lowest BCUT2D eigenvalue weighted by atomic mass is 9.98. The van der Waals surface area contributed by atoms with Gasteiger partial charge in [0.05, 0.1) is 0 Å². The molecule has 0 spiro atoms. The van der Waals surface area contributed by atoms with E-state index in [1.54, 1.807) is 0 Å². The second-order valence-electron chi connectivity index (χ2n) is 5.13. The van der Waals surface area contributed by atoms with Crippen molar-refractivity contribution >= 4 is 11.3 Å². The molecular weight excluding hydrogens is 226 g/mol. The molecule has 0 aliphatic heterocycles. The first kappa shape index (κ1) is 11.0. The van der Waals surface area contributed by atoms with Crippen LogP contribution in [0, 0.1) is 6.92 Å². The van der Waals surface area contributed by atoms with Crippen LogP contribution < -0.4 is 0 Å². The average molecular weight is 243 g/mol. The fourth-order valence-electron chi connectivity index (χ4n) is 3.00. The zero-order valence-electron chi connectivity index (χ0n) is 10.5. The molecular formula is C15H17NS. The van der Waals surface area contributed by atoms with Crippen LogP contribution in [-0.2, 0) is 0 Å². The highest BCUT2D eigenvalue weighted by molar-refractivity contribution is 7.13. The molecule has 1 aliphatic carbocycles. The third-order valence-corrected chi connectivity index (χ3v) is 4.57. The van der Waals surface area contributed by atoms with Crippen LogP contribution in [0.15, 0.2) is 23.6 Å². The van der Waals surface area contributed by atoms with Gasteiger partial charge in [-0.3, -0.25) is 4.98 Å². The van der Waals surface area contributed by atoms with E-state index in [4.69, 9.17) is 4.98 Å². The van der Waals surface area contributed by atoms with Crippen LogP contribution in [-0.4, -0.2) is 4.98 Å². The Morgan fingerprint density at radius 2 is 2.12 bits per heavy atom. The summed E-state index contributed by atoms with van der Waals surface area (Å²) in [5.41, 5.74) is 5.39. The molecule has 17 heavy (non-hydrogen) atoms. The van der Waals surface area contributed by atoms with Gasteiger partial charge in [0.1, 0.15) is 0 Å². The van der Waals surface area contributed by atoms with Crippen molar-refractivity contribution in [2.24, 2.45) is 0 Å². The quantitative estimate of drug-likeness (QED) is 0.705. The van der Waals surface area contributed by atoms with E-state index in [0.29, 0.717) is 11.8 Å². The molecule has 3 rings (SSSR count). The first-order chi connectivity index (χ1) is 8.16. The molecule has 2 aromatic heterocycles. The van der Waals surface area contributed by atoms with E-state index in [-0.39, 0.29) is 0 Å². The monoisotopic (exact) mass is 243 g/mol. The van der Waals surface area contributed by atoms with Crippen molar-refractivity contribution in [3.8, 4) is 10.4 Å². The number of aromatic nitrogens is 1. The van der Waals surface area contributed by atoms with Gasteiger partial charge < -0.3 is 0 Å². The van der Waals surface area contributed by atoms with E-state index in [9.17, 15) is 0 Å². The smallest absolute Gasteiger partial charge is 0.0476 e. The molecule has 0 saturated carbocycles. The molecule has 1 aliphatic rings. The van der Waals surface area contributed by atoms with Gasteiger partial charge in [0, 0.05) is 16.3 Å². The SMILES string of the molecule is Cc1cc(-c2cccs2)c2c(n1)C(C)CC2C. The predicted octanol–water partition coefficient (Wildman–Crippen LogP) is 4.73. The van der Waals surface area contributed by atoms with Crippen LogP contribution in [0.1, 0.15) is 49.1 Å². The number of thiophene rings is 1. The minimum Gasteiger partial charge on any atom is -0.258 e. The predicted molar refractivity (Wildman–Crippen MR) is 73.7 cm³/mol. The molecule has 2 heterocycles. The van der Waals surface area contributed by atoms with Crippen LogP contribution in [0.3, 0.4) is 0 Å². The zero-order chi connectivity index (χ0) is 12.0. The highest BCUT2D eigenvalue weighted by Crippen LogP contribution is 2.45. The molecule has 1 nitrogen and oxygen atoms in total. The first-order valence-corrected chi connectivity index (χ1v) is 7.10. The second kappa shape index (κ2) is 3.95. The number of nitrogens with zero attached hydrogens (tertiary/aromatic N) is 1. The average Bonchev–Trinajstić information content (AvgIpc) is 2.88. The summed E-state index contributed by atoms with van der Waals surface area (Å²) in [5.74, 6) is 1.25. The lowest BCUT2D eigenvalue weighted by Gasteiger charge is -2.12. The molecule has 2 heteroatoms. The van der Waals surface area contributed by atoms with Gasteiger partial charge in [0.25, 0.3) is 0 Å².